The molecule has 0 saturated carbocycles. The van der Waals surface area contributed by atoms with Gasteiger partial charge in [-0.15, -0.1) is 0 Å². The van der Waals surface area contributed by atoms with E-state index in [9.17, 15) is 13.2 Å². The van der Waals surface area contributed by atoms with Gasteiger partial charge in [0.25, 0.3) is 0 Å². The number of carbonyl (C=O) groups excluding carboxylic acids is 1. The van der Waals surface area contributed by atoms with Crippen molar-refractivity contribution in [1.82, 2.24) is 4.72 Å². The molecule has 1 unspecified atom stereocenters. The zero-order valence-electron chi connectivity index (χ0n) is 12.1. The van der Waals surface area contributed by atoms with Gasteiger partial charge in [-0.05, 0) is 36.7 Å². The molecule has 1 atom stereocenters. The molecule has 0 spiro atoms. The Kier molecular flexibility index (Phi) is 4.90. The molecule has 6 nitrogen and oxygen atoms in total. The van der Waals surface area contributed by atoms with Crippen LogP contribution in [0.5, 0.6) is 0 Å². The van der Waals surface area contributed by atoms with Crippen molar-refractivity contribution in [3.8, 4) is 0 Å². The lowest BCUT2D eigenvalue weighted by Crippen LogP contribution is -2.45. The van der Waals surface area contributed by atoms with E-state index in [0.29, 0.717) is 5.69 Å². The topological polar surface area (TPSA) is 101 Å². The van der Waals surface area contributed by atoms with Crippen molar-refractivity contribution in [2.75, 3.05) is 12.4 Å². The molecular weight excluding hydrogens is 278 g/mol. The summed E-state index contributed by atoms with van der Waals surface area (Å²) in [6.45, 7) is 5.62. The number of carbonyl (C=O) groups is 1. The third kappa shape index (κ3) is 4.03. The highest BCUT2D eigenvalue weighted by atomic mass is 32.2. The fourth-order valence-electron chi connectivity index (χ4n) is 1.45. The van der Waals surface area contributed by atoms with E-state index in [1.54, 1.807) is 0 Å². The molecular formula is C13H21N3O3S. The van der Waals surface area contributed by atoms with Crippen molar-refractivity contribution in [3.63, 3.8) is 0 Å². The highest BCUT2D eigenvalue weighted by molar-refractivity contribution is 7.89. The molecule has 0 radical (unpaired) electrons. The third-order valence-electron chi connectivity index (χ3n) is 2.92. The van der Waals surface area contributed by atoms with E-state index < -0.39 is 16.1 Å². The van der Waals surface area contributed by atoms with Gasteiger partial charge >= 0.3 is 0 Å². The van der Waals surface area contributed by atoms with Crippen LogP contribution in [0.2, 0.25) is 0 Å². The minimum atomic E-state index is -3.47. The summed E-state index contributed by atoms with van der Waals surface area (Å²) in [5, 5.41) is 2.67. The lowest BCUT2D eigenvalue weighted by atomic mass is 9.87. The van der Waals surface area contributed by atoms with Gasteiger partial charge in [-0.2, -0.15) is 0 Å². The van der Waals surface area contributed by atoms with Crippen LogP contribution in [0.4, 0.5) is 5.69 Å². The van der Waals surface area contributed by atoms with Gasteiger partial charge in [-0.3, -0.25) is 4.79 Å². The van der Waals surface area contributed by atoms with Crippen LogP contribution in [0.1, 0.15) is 20.8 Å². The molecule has 1 aromatic rings. The number of amides is 1. The van der Waals surface area contributed by atoms with Crippen molar-refractivity contribution in [1.29, 1.82) is 0 Å². The van der Waals surface area contributed by atoms with Crippen LogP contribution in [-0.4, -0.2) is 27.4 Å². The Labute approximate surface area is 119 Å². The summed E-state index contributed by atoms with van der Waals surface area (Å²) < 4.78 is 25.3. The van der Waals surface area contributed by atoms with Crippen LogP contribution in [0.15, 0.2) is 29.2 Å². The molecule has 1 rings (SSSR count). The highest BCUT2D eigenvalue weighted by Crippen LogP contribution is 2.19. The van der Waals surface area contributed by atoms with Crippen LogP contribution in [0, 0.1) is 5.41 Å². The normalized spacial score (nSPS) is 13.8. The van der Waals surface area contributed by atoms with Crippen molar-refractivity contribution >= 4 is 21.6 Å². The number of nitrogens with two attached hydrogens (primary N) is 1. The van der Waals surface area contributed by atoms with Crippen LogP contribution < -0.4 is 15.8 Å². The predicted octanol–water partition coefficient (Wildman–Crippen LogP) is 0.907. The van der Waals surface area contributed by atoms with Gasteiger partial charge in [0.2, 0.25) is 15.9 Å². The second kappa shape index (κ2) is 5.90. The van der Waals surface area contributed by atoms with E-state index in [4.69, 9.17) is 5.73 Å². The molecule has 0 saturated heterocycles. The molecule has 0 aliphatic carbocycles. The Balaban J connectivity index is 2.84. The van der Waals surface area contributed by atoms with E-state index >= 15 is 0 Å². The second-order valence-corrected chi connectivity index (χ2v) is 7.45. The second-order valence-electron chi connectivity index (χ2n) is 5.56. The predicted molar refractivity (Wildman–Crippen MR) is 78.7 cm³/mol. The first-order chi connectivity index (χ1) is 9.08. The smallest absolute Gasteiger partial charge is 0.241 e. The lowest BCUT2D eigenvalue weighted by Gasteiger charge is -2.25. The molecule has 7 heteroatoms. The number of rotatable bonds is 4. The number of hydrogen-bond donors (Lipinski definition) is 3. The van der Waals surface area contributed by atoms with Gasteiger partial charge < -0.3 is 11.1 Å². The molecule has 20 heavy (non-hydrogen) atoms. The van der Waals surface area contributed by atoms with E-state index in [2.05, 4.69) is 10.0 Å². The highest BCUT2D eigenvalue weighted by Gasteiger charge is 2.27. The van der Waals surface area contributed by atoms with Crippen LogP contribution in [0.3, 0.4) is 0 Å². The summed E-state index contributed by atoms with van der Waals surface area (Å²) in [4.78, 5) is 12.1. The average Bonchev–Trinajstić information content (AvgIpc) is 2.37. The minimum absolute atomic E-state index is 0.137. The van der Waals surface area contributed by atoms with Gasteiger partial charge in [0.05, 0.1) is 10.9 Å². The van der Waals surface area contributed by atoms with Crippen molar-refractivity contribution < 1.29 is 13.2 Å². The largest absolute Gasteiger partial charge is 0.325 e. The quantitative estimate of drug-likeness (QED) is 0.769. The average molecular weight is 299 g/mol. The van der Waals surface area contributed by atoms with Gasteiger partial charge in [0.1, 0.15) is 0 Å². The molecule has 0 aliphatic rings. The SMILES string of the molecule is CNS(=O)(=O)c1ccc(NC(=O)C(N)C(C)(C)C)cc1. The van der Waals surface area contributed by atoms with E-state index in [-0.39, 0.29) is 16.2 Å². The molecule has 1 aromatic carbocycles. The maximum absolute atomic E-state index is 11.9. The Morgan fingerprint density at radius 2 is 1.70 bits per heavy atom. The first kappa shape index (κ1) is 16.6. The fourth-order valence-corrected chi connectivity index (χ4v) is 2.18. The summed E-state index contributed by atoms with van der Waals surface area (Å²) in [6, 6.07) is 5.24. The van der Waals surface area contributed by atoms with E-state index in [1.165, 1.54) is 31.3 Å². The summed E-state index contributed by atoms with van der Waals surface area (Å²) in [5.41, 5.74) is 6.00. The summed E-state index contributed by atoms with van der Waals surface area (Å²) in [7, 11) is -2.13. The van der Waals surface area contributed by atoms with E-state index in [1.807, 2.05) is 20.8 Å². The van der Waals surface area contributed by atoms with Crippen molar-refractivity contribution in [3.05, 3.63) is 24.3 Å². The molecule has 0 aliphatic heterocycles. The minimum Gasteiger partial charge on any atom is -0.325 e. The van der Waals surface area contributed by atoms with Crippen molar-refractivity contribution in [2.24, 2.45) is 11.1 Å². The number of hydrogen-bond acceptors (Lipinski definition) is 4. The molecule has 0 fully saturated rings. The van der Waals surface area contributed by atoms with Gasteiger partial charge in [0.15, 0.2) is 0 Å². The number of benzene rings is 1. The molecule has 1 amide bonds. The molecule has 112 valence electrons. The third-order valence-corrected chi connectivity index (χ3v) is 4.35. The Morgan fingerprint density at radius 3 is 2.10 bits per heavy atom. The Morgan fingerprint density at radius 1 is 1.20 bits per heavy atom. The van der Waals surface area contributed by atoms with E-state index in [0.717, 1.165) is 0 Å². The Hall–Kier alpha value is -1.44. The number of nitrogens with one attached hydrogen (secondary N) is 2. The monoisotopic (exact) mass is 299 g/mol. The number of anilines is 1. The maximum atomic E-state index is 11.9. The zero-order chi connectivity index (χ0) is 15.6. The molecule has 4 N–H and O–H groups in total. The first-order valence-corrected chi connectivity index (χ1v) is 7.66. The van der Waals surface area contributed by atoms with Crippen LogP contribution in [-0.2, 0) is 14.8 Å². The summed E-state index contributed by atoms with van der Waals surface area (Å²) >= 11 is 0. The molecule has 0 aromatic heterocycles. The Bertz CT molecular complexity index is 574. The molecule has 0 bridgehead atoms. The standard InChI is InChI=1S/C13H21N3O3S/c1-13(2,3)11(14)12(17)16-9-5-7-10(8-6-9)20(18,19)15-4/h5-8,11,15H,14H2,1-4H3,(H,16,17). The summed E-state index contributed by atoms with van der Waals surface area (Å²) in [6.07, 6.45) is 0. The zero-order valence-corrected chi connectivity index (χ0v) is 12.9. The van der Waals surface area contributed by atoms with Gasteiger partial charge in [0, 0.05) is 5.69 Å². The summed E-state index contributed by atoms with van der Waals surface area (Å²) in [5.74, 6) is -0.304. The molecule has 0 heterocycles. The van der Waals surface area contributed by atoms with Crippen molar-refractivity contribution in [2.45, 2.75) is 31.7 Å². The number of sulfonamides is 1. The first-order valence-electron chi connectivity index (χ1n) is 6.18. The van der Waals surface area contributed by atoms with Gasteiger partial charge in [-0.25, -0.2) is 13.1 Å². The maximum Gasteiger partial charge on any atom is 0.241 e. The van der Waals surface area contributed by atoms with Crippen LogP contribution >= 0.6 is 0 Å². The fraction of sp³-hybridized carbons (Fsp3) is 0.462. The van der Waals surface area contributed by atoms with Crippen LogP contribution in [0.25, 0.3) is 0 Å². The van der Waals surface area contributed by atoms with Gasteiger partial charge in [-0.1, -0.05) is 20.8 Å². The lowest BCUT2D eigenvalue weighted by molar-refractivity contribution is -0.119.